The molecule has 0 aliphatic carbocycles. The molecule has 0 fully saturated rings. The van der Waals surface area contributed by atoms with Crippen LogP contribution in [0, 0.1) is 5.82 Å². The van der Waals surface area contributed by atoms with Crippen LogP contribution in [-0.2, 0) is 16.0 Å². The van der Waals surface area contributed by atoms with Crippen LogP contribution in [0.3, 0.4) is 0 Å². The van der Waals surface area contributed by atoms with E-state index in [9.17, 15) is 14.0 Å². The minimum atomic E-state index is -0.593. The Morgan fingerprint density at radius 2 is 2.05 bits per heavy atom. The SMILES string of the molecule is NC(=O)CNC(=O)CCc1ccc2cccc(F)c2n1. The first kappa shape index (κ1) is 13.9. The zero-order valence-corrected chi connectivity index (χ0v) is 10.7. The van der Waals surface area contributed by atoms with Gasteiger partial charge in [-0.3, -0.25) is 9.59 Å². The van der Waals surface area contributed by atoms with Gasteiger partial charge in [-0.15, -0.1) is 0 Å². The number of hydrogen-bond donors (Lipinski definition) is 2. The van der Waals surface area contributed by atoms with Gasteiger partial charge in [0, 0.05) is 17.5 Å². The highest BCUT2D eigenvalue weighted by atomic mass is 19.1. The number of halogens is 1. The van der Waals surface area contributed by atoms with Gasteiger partial charge in [-0.2, -0.15) is 0 Å². The van der Waals surface area contributed by atoms with Crippen molar-refractivity contribution in [2.75, 3.05) is 6.54 Å². The summed E-state index contributed by atoms with van der Waals surface area (Å²) in [7, 11) is 0. The van der Waals surface area contributed by atoms with Crippen LogP contribution in [0.4, 0.5) is 4.39 Å². The van der Waals surface area contributed by atoms with E-state index in [1.54, 1.807) is 24.3 Å². The van der Waals surface area contributed by atoms with Gasteiger partial charge in [0.15, 0.2) is 0 Å². The number of primary amides is 1. The molecular weight excluding hydrogens is 261 g/mol. The molecule has 20 heavy (non-hydrogen) atoms. The van der Waals surface area contributed by atoms with E-state index in [4.69, 9.17) is 5.73 Å². The van der Waals surface area contributed by atoms with Gasteiger partial charge in [-0.1, -0.05) is 18.2 Å². The van der Waals surface area contributed by atoms with Crippen molar-refractivity contribution in [3.63, 3.8) is 0 Å². The molecule has 2 rings (SSSR count). The summed E-state index contributed by atoms with van der Waals surface area (Å²) in [5.74, 6) is -1.27. The predicted octanol–water partition coefficient (Wildman–Crippen LogP) is 0.908. The number of rotatable bonds is 5. The average Bonchev–Trinajstić information content (AvgIpc) is 2.43. The van der Waals surface area contributed by atoms with E-state index in [2.05, 4.69) is 10.3 Å². The number of fused-ring (bicyclic) bond motifs is 1. The normalized spacial score (nSPS) is 10.4. The summed E-state index contributed by atoms with van der Waals surface area (Å²) < 4.78 is 13.6. The third-order valence-electron chi connectivity index (χ3n) is 2.80. The monoisotopic (exact) mass is 275 g/mol. The second-order valence-electron chi connectivity index (χ2n) is 4.36. The fraction of sp³-hybridized carbons (Fsp3) is 0.214. The van der Waals surface area contributed by atoms with Crippen molar-refractivity contribution < 1.29 is 14.0 Å². The van der Waals surface area contributed by atoms with E-state index in [1.165, 1.54) is 6.07 Å². The molecule has 2 amide bonds. The molecule has 1 aromatic heterocycles. The quantitative estimate of drug-likeness (QED) is 0.850. The first-order valence-electron chi connectivity index (χ1n) is 6.15. The summed E-state index contributed by atoms with van der Waals surface area (Å²) >= 11 is 0. The topological polar surface area (TPSA) is 85.1 Å². The molecule has 0 saturated heterocycles. The van der Waals surface area contributed by atoms with Gasteiger partial charge in [0.25, 0.3) is 0 Å². The van der Waals surface area contributed by atoms with Crippen LogP contribution >= 0.6 is 0 Å². The van der Waals surface area contributed by atoms with Gasteiger partial charge in [0.05, 0.1) is 6.54 Å². The molecular formula is C14H14FN3O2. The molecule has 5 nitrogen and oxygen atoms in total. The van der Waals surface area contributed by atoms with E-state index in [0.717, 1.165) is 0 Å². The highest BCUT2D eigenvalue weighted by Crippen LogP contribution is 2.16. The standard InChI is InChI=1S/C14H14FN3O2/c15-11-3-1-2-9-4-5-10(18-14(9)11)6-7-13(20)17-8-12(16)19/h1-5H,6-8H2,(H2,16,19)(H,17,20). The molecule has 0 bridgehead atoms. The lowest BCUT2D eigenvalue weighted by molar-refractivity contribution is -0.124. The summed E-state index contributed by atoms with van der Waals surface area (Å²) in [6, 6.07) is 8.26. The molecule has 0 saturated carbocycles. The highest BCUT2D eigenvalue weighted by Gasteiger charge is 2.06. The van der Waals surface area contributed by atoms with E-state index in [-0.39, 0.29) is 24.7 Å². The largest absolute Gasteiger partial charge is 0.368 e. The molecule has 1 heterocycles. The summed E-state index contributed by atoms with van der Waals surface area (Å²) in [6.45, 7) is -0.182. The Morgan fingerprint density at radius 3 is 2.80 bits per heavy atom. The minimum absolute atomic E-state index is 0.167. The third kappa shape index (κ3) is 3.50. The minimum Gasteiger partial charge on any atom is -0.368 e. The second-order valence-corrected chi connectivity index (χ2v) is 4.36. The Hall–Kier alpha value is -2.50. The first-order valence-corrected chi connectivity index (χ1v) is 6.15. The first-order chi connectivity index (χ1) is 9.56. The van der Waals surface area contributed by atoms with Crippen molar-refractivity contribution in [1.29, 1.82) is 0 Å². The van der Waals surface area contributed by atoms with Gasteiger partial charge < -0.3 is 11.1 Å². The van der Waals surface area contributed by atoms with Crippen LogP contribution in [0.1, 0.15) is 12.1 Å². The van der Waals surface area contributed by atoms with Crippen molar-refractivity contribution in [2.45, 2.75) is 12.8 Å². The van der Waals surface area contributed by atoms with Gasteiger partial charge in [-0.05, 0) is 18.6 Å². The van der Waals surface area contributed by atoms with Gasteiger partial charge in [-0.25, -0.2) is 9.37 Å². The number of carbonyl (C=O) groups is 2. The third-order valence-corrected chi connectivity index (χ3v) is 2.80. The maximum atomic E-state index is 13.6. The fourth-order valence-corrected chi connectivity index (χ4v) is 1.81. The number of aryl methyl sites for hydroxylation is 1. The van der Waals surface area contributed by atoms with Crippen LogP contribution in [-0.4, -0.2) is 23.3 Å². The number of para-hydroxylation sites is 1. The van der Waals surface area contributed by atoms with E-state index >= 15 is 0 Å². The molecule has 0 unspecified atom stereocenters. The highest BCUT2D eigenvalue weighted by molar-refractivity contribution is 5.83. The van der Waals surface area contributed by atoms with Crippen LogP contribution in [0.15, 0.2) is 30.3 Å². The lowest BCUT2D eigenvalue weighted by Gasteiger charge is -2.04. The van der Waals surface area contributed by atoms with Crippen molar-refractivity contribution >= 4 is 22.7 Å². The Kier molecular flexibility index (Phi) is 4.24. The van der Waals surface area contributed by atoms with E-state index in [1.807, 2.05) is 0 Å². The van der Waals surface area contributed by atoms with Crippen LogP contribution < -0.4 is 11.1 Å². The van der Waals surface area contributed by atoms with Crippen molar-refractivity contribution in [2.24, 2.45) is 5.73 Å². The number of aromatic nitrogens is 1. The van der Waals surface area contributed by atoms with Gasteiger partial charge in [0.1, 0.15) is 11.3 Å². The molecule has 0 aliphatic rings. The molecule has 0 atom stereocenters. The smallest absolute Gasteiger partial charge is 0.236 e. The van der Waals surface area contributed by atoms with E-state index < -0.39 is 5.91 Å². The molecule has 1 aromatic carbocycles. The number of amides is 2. The number of nitrogens with two attached hydrogens (primary N) is 1. The summed E-state index contributed by atoms with van der Waals surface area (Å²) in [5, 5.41) is 3.10. The van der Waals surface area contributed by atoms with Crippen molar-refractivity contribution in [3.8, 4) is 0 Å². The molecule has 0 radical (unpaired) electrons. The number of benzene rings is 1. The second kappa shape index (κ2) is 6.10. The maximum Gasteiger partial charge on any atom is 0.236 e. The van der Waals surface area contributed by atoms with Crippen molar-refractivity contribution in [1.82, 2.24) is 10.3 Å². The number of pyridine rings is 1. The fourth-order valence-electron chi connectivity index (χ4n) is 1.81. The molecule has 3 N–H and O–H groups in total. The lowest BCUT2D eigenvalue weighted by Crippen LogP contribution is -2.33. The van der Waals surface area contributed by atoms with Crippen molar-refractivity contribution in [3.05, 3.63) is 41.8 Å². The zero-order chi connectivity index (χ0) is 14.5. The van der Waals surface area contributed by atoms with E-state index in [0.29, 0.717) is 23.0 Å². The Labute approximate surface area is 115 Å². The Balaban J connectivity index is 2.01. The zero-order valence-electron chi connectivity index (χ0n) is 10.7. The molecule has 6 heteroatoms. The number of carbonyl (C=O) groups excluding carboxylic acids is 2. The summed E-state index contributed by atoms with van der Waals surface area (Å²) in [4.78, 5) is 26.1. The average molecular weight is 275 g/mol. The lowest BCUT2D eigenvalue weighted by atomic mass is 10.1. The Bertz CT molecular complexity index is 658. The number of hydrogen-bond acceptors (Lipinski definition) is 3. The molecule has 104 valence electrons. The predicted molar refractivity (Wildman–Crippen MR) is 72.2 cm³/mol. The summed E-state index contributed by atoms with van der Waals surface area (Å²) in [6.07, 6.45) is 0.537. The number of nitrogens with zero attached hydrogens (tertiary/aromatic N) is 1. The van der Waals surface area contributed by atoms with Crippen LogP contribution in [0.5, 0.6) is 0 Å². The van der Waals surface area contributed by atoms with Gasteiger partial charge >= 0.3 is 0 Å². The molecule has 2 aromatic rings. The molecule has 0 spiro atoms. The number of nitrogens with one attached hydrogen (secondary N) is 1. The van der Waals surface area contributed by atoms with Gasteiger partial charge in [0.2, 0.25) is 11.8 Å². The Morgan fingerprint density at radius 1 is 1.25 bits per heavy atom. The van der Waals surface area contributed by atoms with Crippen LogP contribution in [0.25, 0.3) is 10.9 Å². The summed E-state index contributed by atoms with van der Waals surface area (Å²) in [5.41, 5.74) is 5.84. The van der Waals surface area contributed by atoms with Crippen LogP contribution in [0.2, 0.25) is 0 Å². The molecule has 0 aliphatic heterocycles. The maximum absolute atomic E-state index is 13.6.